The number of amides is 2. The minimum atomic E-state index is -4.05. The van der Waals surface area contributed by atoms with E-state index in [2.05, 4.69) is 10.3 Å². The van der Waals surface area contributed by atoms with Crippen LogP contribution in [-0.2, 0) is 24.2 Å². The van der Waals surface area contributed by atoms with Gasteiger partial charge in [-0.05, 0) is 57.3 Å². The molecular weight excluding hydrogens is 568 g/mol. The highest BCUT2D eigenvalue weighted by Crippen LogP contribution is 2.49. The second-order valence-corrected chi connectivity index (χ2v) is 14.0. The molecule has 2 atom stereocenters. The third-order valence-electron chi connectivity index (χ3n) is 7.82. The standard InChI is InChI=1S/C32H34N4O6S/c1-32(2)27(31(39)42-26(21-11-7-5-8-12-21)22-13-9-6-10-14-22)36-29(38)25(30(36)43(32,40)41)20-24-19-23(15-16-33-24)28(37)34-17-18-35(3)4/h5-16,19-20,26-27,30H,17-18H2,1-4H3,(H,34,37)/t27-,30+/m0/s1. The van der Waals surface area contributed by atoms with Crippen molar-refractivity contribution >= 4 is 33.7 Å². The smallest absolute Gasteiger partial charge is 0.331 e. The van der Waals surface area contributed by atoms with Crippen molar-refractivity contribution in [3.8, 4) is 0 Å². The predicted molar refractivity (Wildman–Crippen MR) is 161 cm³/mol. The summed E-state index contributed by atoms with van der Waals surface area (Å²) in [7, 11) is -0.253. The molecule has 0 radical (unpaired) electrons. The van der Waals surface area contributed by atoms with Crippen LogP contribution in [0, 0.1) is 0 Å². The number of ether oxygens (including phenoxy) is 1. The first-order valence-corrected chi connectivity index (χ1v) is 15.4. The molecule has 0 bridgehead atoms. The monoisotopic (exact) mass is 602 g/mol. The fraction of sp³-hybridized carbons (Fsp3) is 0.312. The Morgan fingerprint density at radius 3 is 2.23 bits per heavy atom. The topological polar surface area (TPSA) is 126 Å². The molecule has 2 aliphatic rings. The predicted octanol–water partition coefficient (Wildman–Crippen LogP) is 2.83. The molecule has 10 nitrogen and oxygen atoms in total. The third-order valence-corrected chi connectivity index (χ3v) is 10.6. The summed E-state index contributed by atoms with van der Waals surface area (Å²) < 4.78 is 31.9. The van der Waals surface area contributed by atoms with E-state index in [4.69, 9.17) is 4.74 Å². The number of fused-ring (bicyclic) bond motifs is 1. The van der Waals surface area contributed by atoms with E-state index in [1.807, 2.05) is 79.7 Å². The van der Waals surface area contributed by atoms with Crippen LogP contribution in [0.3, 0.4) is 0 Å². The Morgan fingerprint density at radius 2 is 1.65 bits per heavy atom. The molecule has 43 heavy (non-hydrogen) atoms. The number of aromatic nitrogens is 1. The van der Waals surface area contributed by atoms with Gasteiger partial charge < -0.3 is 19.9 Å². The fourth-order valence-corrected chi connectivity index (χ4v) is 7.53. The van der Waals surface area contributed by atoms with Gasteiger partial charge >= 0.3 is 5.97 Å². The van der Waals surface area contributed by atoms with Gasteiger partial charge in [-0.2, -0.15) is 0 Å². The number of rotatable bonds is 9. The van der Waals surface area contributed by atoms with Gasteiger partial charge in [0.25, 0.3) is 11.8 Å². The van der Waals surface area contributed by atoms with E-state index in [0.717, 1.165) is 4.90 Å². The lowest BCUT2D eigenvalue weighted by atomic mass is 9.94. The molecule has 0 unspecified atom stereocenters. The lowest BCUT2D eigenvalue weighted by Crippen LogP contribution is -2.59. The Kier molecular flexibility index (Phi) is 8.22. The molecule has 1 aromatic heterocycles. The van der Waals surface area contributed by atoms with E-state index < -0.39 is 44.0 Å². The van der Waals surface area contributed by atoms with Gasteiger partial charge in [-0.25, -0.2) is 13.2 Å². The molecular formula is C32H34N4O6S. The number of likely N-dealkylation sites (N-methyl/N-ethyl adjacent to an activating group) is 1. The number of esters is 1. The number of nitrogens with one attached hydrogen (secondary N) is 1. The molecule has 2 saturated heterocycles. The molecule has 224 valence electrons. The number of pyridine rings is 1. The molecule has 2 amide bonds. The summed E-state index contributed by atoms with van der Waals surface area (Å²) in [5, 5.41) is 1.48. The molecule has 2 aromatic carbocycles. The zero-order chi connectivity index (χ0) is 30.9. The summed E-state index contributed by atoms with van der Waals surface area (Å²) >= 11 is 0. The molecule has 3 aromatic rings. The van der Waals surface area contributed by atoms with Crippen LogP contribution in [0.5, 0.6) is 0 Å². The van der Waals surface area contributed by atoms with Gasteiger partial charge in [0.05, 0.1) is 11.3 Å². The lowest BCUT2D eigenvalue weighted by molar-refractivity contribution is -0.160. The summed E-state index contributed by atoms with van der Waals surface area (Å²) in [6.45, 7) is 3.98. The summed E-state index contributed by atoms with van der Waals surface area (Å²) in [4.78, 5) is 47.1. The van der Waals surface area contributed by atoms with Gasteiger partial charge in [-0.1, -0.05) is 60.7 Å². The third kappa shape index (κ3) is 5.57. The molecule has 0 saturated carbocycles. The van der Waals surface area contributed by atoms with Crippen molar-refractivity contribution in [2.75, 3.05) is 27.2 Å². The van der Waals surface area contributed by atoms with Crippen LogP contribution in [0.25, 0.3) is 6.08 Å². The van der Waals surface area contributed by atoms with Crippen LogP contribution in [0.15, 0.2) is 84.6 Å². The van der Waals surface area contributed by atoms with E-state index in [0.29, 0.717) is 29.8 Å². The molecule has 3 heterocycles. The Bertz CT molecular complexity index is 1630. The van der Waals surface area contributed by atoms with Crippen molar-refractivity contribution in [3.05, 3.63) is 107 Å². The fourth-order valence-electron chi connectivity index (χ4n) is 5.41. The van der Waals surface area contributed by atoms with Gasteiger partial charge in [0.1, 0.15) is 4.75 Å². The number of hydrogen-bond donors (Lipinski definition) is 1. The highest BCUT2D eigenvalue weighted by molar-refractivity contribution is 7.94. The number of β-lactam (4-membered cyclic amide) rings is 1. The first-order chi connectivity index (χ1) is 20.4. The molecule has 1 N–H and O–H groups in total. The average Bonchev–Trinajstić information content (AvgIpc) is 3.14. The number of benzene rings is 2. The molecule has 2 fully saturated rings. The first-order valence-electron chi connectivity index (χ1n) is 13.9. The van der Waals surface area contributed by atoms with Crippen LogP contribution in [-0.4, -0.2) is 84.3 Å². The number of carbonyl (C=O) groups excluding carboxylic acids is 3. The van der Waals surface area contributed by atoms with Crippen molar-refractivity contribution in [2.24, 2.45) is 0 Å². The van der Waals surface area contributed by atoms with Crippen molar-refractivity contribution in [1.29, 1.82) is 0 Å². The molecule has 0 aliphatic carbocycles. The molecule has 11 heteroatoms. The van der Waals surface area contributed by atoms with Gasteiger partial charge in [0, 0.05) is 24.8 Å². The van der Waals surface area contributed by atoms with Crippen LogP contribution in [0.2, 0.25) is 0 Å². The Labute approximate surface area is 251 Å². The minimum Gasteiger partial charge on any atom is -0.451 e. The molecule has 5 rings (SSSR count). The van der Waals surface area contributed by atoms with Gasteiger partial charge in [0.2, 0.25) is 0 Å². The average molecular weight is 603 g/mol. The zero-order valence-corrected chi connectivity index (χ0v) is 25.2. The lowest BCUT2D eigenvalue weighted by Gasteiger charge is -2.38. The van der Waals surface area contributed by atoms with E-state index in [1.54, 1.807) is 6.07 Å². The van der Waals surface area contributed by atoms with Crippen molar-refractivity contribution in [2.45, 2.75) is 36.1 Å². The normalized spacial score (nSPS) is 21.0. The zero-order valence-electron chi connectivity index (χ0n) is 24.4. The largest absolute Gasteiger partial charge is 0.451 e. The van der Waals surface area contributed by atoms with Crippen molar-refractivity contribution in [1.82, 2.24) is 20.1 Å². The second-order valence-electron chi connectivity index (χ2n) is 11.4. The molecule has 2 aliphatic heterocycles. The maximum atomic E-state index is 13.8. The SMILES string of the molecule is CN(C)CCNC(=O)c1ccnc(C=C2C(=O)N3[C@@H](C(=O)OC(c4ccccc4)c4ccccc4)C(C)(C)S(=O)(=O)[C@H]23)c1. The second kappa shape index (κ2) is 11.7. The van der Waals surface area contributed by atoms with E-state index in [-0.39, 0.29) is 17.2 Å². The Balaban J connectivity index is 1.42. The van der Waals surface area contributed by atoms with Gasteiger partial charge in [-0.15, -0.1) is 0 Å². The highest BCUT2D eigenvalue weighted by atomic mass is 32.2. The number of sulfone groups is 1. The number of carbonyl (C=O) groups is 3. The summed E-state index contributed by atoms with van der Waals surface area (Å²) in [5.74, 6) is -1.72. The van der Waals surface area contributed by atoms with Crippen LogP contribution >= 0.6 is 0 Å². The van der Waals surface area contributed by atoms with E-state index in [1.165, 1.54) is 32.2 Å². The highest BCUT2D eigenvalue weighted by Gasteiger charge is 2.70. The number of nitrogens with zero attached hydrogens (tertiary/aromatic N) is 3. The minimum absolute atomic E-state index is 0.0105. The van der Waals surface area contributed by atoms with Gasteiger partial charge in [0.15, 0.2) is 27.4 Å². The summed E-state index contributed by atoms with van der Waals surface area (Å²) in [6, 6.07) is 20.0. The first kappa shape index (κ1) is 30.1. The maximum Gasteiger partial charge on any atom is 0.331 e. The quantitative estimate of drug-likeness (QED) is 0.225. The number of hydrogen-bond acceptors (Lipinski definition) is 8. The van der Waals surface area contributed by atoms with Gasteiger partial charge in [-0.3, -0.25) is 14.6 Å². The Hall–Kier alpha value is -4.35. The van der Waals surface area contributed by atoms with E-state index in [9.17, 15) is 22.8 Å². The maximum absolute atomic E-state index is 13.8. The summed E-state index contributed by atoms with van der Waals surface area (Å²) in [5.41, 5.74) is 2.00. The van der Waals surface area contributed by atoms with E-state index >= 15 is 0 Å². The summed E-state index contributed by atoms with van der Waals surface area (Å²) in [6.07, 6.45) is 2.00. The van der Waals surface area contributed by atoms with Crippen LogP contribution in [0.1, 0.15) is 47.1 Å². The van der Waals surface area contributed by atoms with Crippen molar-refractivity contribution in [3.63, 3.8) is 0 Å². The van der Waals surface area contributed by atoms with Crippen LogP contribution < -0.4 is 5.32 Å². The van der Waals surface area contributed by atoms with Crippen LogP contribution in [0.4, 0.5) is 0 Å². The molecule has 0 spiro atoms. The Morgan fingerprint density at radius 1 is 1.05 bits per heavy atom. The van der Waals surface area contributed by atoms with Crippen molar-refractivity contribution < 1.29 is 27.5 Å².